The molecule has 1 aliphatic carbocycles. The molecule has 1 aromatic carbocycles. The second-order valence-electron chi connectivity index (χ2n) is 6.42. The van der Waals surface area contributed by atoms with E-state index < -0.39 is 0 Å². The van der Waals surface area contributed by atoms with Gasteiger partial charge in [-0.3, -0.25) is 4.99 Å². The Bertz CT molecular complexity index is 579. The summed E-state index contributed by atoms with van der Waals surface area (Å²) in [4.78, 5) is 6.86. The highest BCUT2D eigenvalue weighted by atomic mass is 127. The van der Waals surface area contributed by atoms with Crippen molar-refractivity contribution >= 4 is 29.9 Å². The molecule has 124 valence electrons. The fraction of sp³-hybridized carbons (Fsp3) is 0.556. The average Bonchev–Trinajstić information content (AvgIpc) is 2.99. The number of halogens is 1. The average molecular weight is 424 g/mol. The molecule has 4 nitrogen and oxygen atoms in total. The summed E-state index contributed by atoms with van der Waals surface area (Å²) in [5.41, 5.74) is 1.83. The summed E-state index contributed by atoms with van der Waals surface area (Å²) in [5, 5.41) is 12.4. The number of hydrogen-bond donors (Lipinski definition) is 1. The van der Waals surface area contributed by atoms with Crippen LogP contribution >= 0.6 is 24.0 Å². The van der Waals surface area contributed by atoms with Crippen LogP contribution in [0.25, 0.3) is 0 Å². The van der Waals surface area contributed by atoms with Gasteiger partial charge < -0.3 is 10.2 Å². The van der Waals surface area contributed by atoms with Crippen molar-refractivity contribution in [2.24, 2.45) is 16.8 Å². The van der Waals surface area contributed by atoms with E-state index in [9.17, 15) is 0 Å². The van der Waals surface area contributed by atoms with E-state index in [2.05, 4.69) is 21.3 Å². The van der Waals surface area contributed by atoms with Crippen molar-refractivity contribution in [3.63, 3.8) is 0 Å². The van der Waals surface area contributed by atoms with Crippen LogP contribution in [0.1, 0.15) is 36.8 Å². The second kappa shape index (κ2) is 8.53. The highest BCUT2D eigenvalue weighted by Gasteiger charge is 2.35. The van der Waals surface area contributed by atoms with Gasteiger partial charge in [-0.25, -0.2) is 0 Å². The van der Waals surface area contributed by atoms with Crippen molar-refractivity contribution in [2.75, 3.05) is 20.1 Å². The molecule has 0 amide bonds. The highest BCUT2D eigenvalue weighted by molar-refractivity contribution is 14.0. The van der Waals surface area contributed by atoms with Gasteiger partial charge in [-0.2, -0.15) is 5.26 Å². The first-order valence-corrected chi connectivity index (χ1v) is 8.25. The lowest BCUT2D eigenvalue weighted by molar-refractivity contribution is 0.299. The third-order valence-corrected chi connectivity index (χ3v) is 4.99. The van der Waals surface area contributed by atoms with E-state index in [1.54, 1.807) is 0 Å². The number of benzene rings is 1. The summed E-state index contributed by atoms with van der Waals surface area (Å²) in [6.45, 7) is 3.00. The van der Waals surface area contributed by atoms with E-state index in [-0.39, 0.29) is 24.0 Å². The zero-order valence-electron chi connectivity index (χ0n) is 13.7. The Morgan fingerprint density at radius 3 is 2.61 bits per heavy atom. The molecule has 23 heavy (non-hydrogen) atoms. The Labute approximate surface area is 156 Å². The molecule has 2 aliphatic rings. The summed E-state index contributed by atoms with van der Waals surface area (Å²) in [6.07, 6.45) is 5.54. The summed E-state index contributed by atoms with van der Waals surface area (Å²) < 4.78 is 0. The maximum Gasteiger partial charge on any atom is 0.193 e. The van der Waals surface area contributed by atoms with E-state index in [1.165, 1.54) is 25.7 Å². The van der Waals surface area contributed by atoms with Gasteiger partial charge in [-0.15, -0.1) is 24.0 Å². The van der Waals surface area contributed by atoms with Crippen molar-refractivity contribution in [3.05, 3.63) is 35.4 Å². The van der Waals surface area contributed by atoms with Gasteiger partial charge in [0.1, 0.15) is 0 Å². The molecule has 0 aromatic heterocycles. The van der Waals surface area contributed by atoms with Gasteiger partial charge in [0.05, 0.1) is 11.6 Å². The van der Waals surface area contributed by atoms with Crippen molar-refractivity contribution in [3.8, 4) is 6.07 Å². The van der Waals surface area contributed by atoms with Crippen LogP contribution in [0.2, 0.25) is 0 Å². The van der Waals surface area contributed by atoms with Gasteiger partial charge >= 0.3 is 0 Å². The summed E-state index contributed by atoms with van der Waals surface area (Å²) in [5.74, 6) is 2.71. The molecule has 5 heteroatoms. The fourth-order valence-corrected chi connectivity index (χ4v) is 3.84. The lowest BCUT2D eigenvalue weighted by Crippen LogP contribution is -2.39. The third kappa shape index (κ3) is 4.37. The first-order chi connectivity index (χ1) is 10.8. The fourth-order valence-electron chi connectivity index (χ4n) is 3.84. The molecule has 0 spiro atoms. The number of nitriles is 1. The quantitative estimate of drug-likeness (QED) is 0.450. The molecule has 0 bridgehead atoms. The van der Waals surface area contributed by atoms with Gasteiger partial charge in [0.2, 0.25) is 0 Å². The van der Waals surface area contributed by atoms with Crippen LogP contribution < -0.4 is 5.32 Å². The molecule has 2 unspecified atom stereocenters. The summed E-state index contributed by atoms with van der Waals surface area (Å²) in [6, 6.07) is 9.94. The molecule has 2 atom stereocenters. The van der Waals surface area contributed by atoms with Crippen LogP contribution in [0.15, 0.2) is 29.3 Å². The number of hydrogen-bond acceptors (Lipinski definition) is 2. The van der Waals surface area contributed by atoms with Crippen LogP contribution in [-0.4, -0.2) is 31.0 Å². The second-order valence-corrected chi connectivity index (χ2v) is 6.42. The van der Waals surface area contributed by atoms with E-state index in [4.69, 9.17) is 5.26 Å². The molecule has 1 N–H and O–H groups in total. The van der Waals surface area contributed by atoms with E-state index >= 15 is 0 Å². The molecule has 3 rings (SSSR count). The van der Waals surface area contributed by atoms with Crippen LogP contribution in [0, 0.1) is 23.2 Å². The first-order valence-electron chi connectivity index (χ1n) is 8.25. The van der Waals surface area contributed by atoms with Crippen LogP contribution in [0.3, 0.4) is 0 Å². The Morgan fingerprint density at radius 1 is 1.30 bits per heavy atom. The van der Waals surface area contributed by atoms with Crippen LogP contribution in [0.5, 0.6) is 0 Å². The number of rotatable bonds is 2. The largest absolute Gasteiger partial charge is 0.352 e. The highest BCUT2D eigenvalue weighted by Crippen LogP contribution is 2.35. The van der Waals surface area contributed by atoms with Gasteiger partial charge in [0.15, 0.2) is 5.96 Å². The SMILES string of the molecule is CN=C(NCc1cccc(C#N)c1)N1CC2CCCCC2C1.I. The van der Waals surface area contributed by atoms with E-state index in [0.717, 1.165) is 36.4 Å². The lowest BCUT2D eigenvalue weighted by Gasteiger charge is -2.22. The predicted octanol–water partition coefficient (Wildman–Crippen LogP) is 3.37. The predicted molar refractivity (Wildman–Crippen MR) is 104 cm³/mol. The van der Waals surface area contributed by atoms with Crippen molar-refractivity contribution < 1.29 is 0 Å². The van der Waals surface area contributed by atoms with Crippen LogP contribution in [-0.2, 0) is 6.54 Å². The molecular weight excluding hydrogens is 399 g/mol. The summed E-state index contributed by atoms with van der Waals surface area (Å²) in [7, 11) is 1.86. The first kappa shape index (κ1) is 18.1. The smallest absolute Gasteiger partial charge is 0.193 e. The minimum Gasteiger partial charge on any atom is -0.352 e. The molecule has 1 aliphatic heterocycles. The Balaban J connectivity index is 0.00000192. The molecule has 2 fully saturated rings. The maximum atomic E-state index is 8.97. The standard InChI is InChI=1S/C18H24N4.HI/c1-20-18(21-11-15-6-4-5-14(9-15)10-19)22-12-16-7-2-3-8-17(16)13-22;/h4-6,9,16-17H,2-3,7-8,11-13H2,1H3,(H,20,21);1H. The van der Waals surface area contributed by atoms with Gasteiger partial charge in [-0.05, 0) is 42.4 Å². The maximum absolute atomic E-state index is 8.97. The van der Waals surface area contributed by atoms with Crippen molar-refractivity contribution in [1.29, 1.82) is 5.26 Å². The molecule has 1 saturated heterocycles. The molecular formula is C18H25IN4. The topological polar surface area (TPSA) is 51.4 Å². The zero-order valence-corrected chi connectivity index (χ0v) is 16.0. The normalized spacial score (nSPS) is 23.7. The number of fused-ring (bicyclic) bond motifs is 1. The van der Waals surface area contributed by atoms with Gasteiger partial charge in [0.25, 0.3) is 0 Å². The molecule has 1 saturated carbocycles. The number of nitrogens with one attached hydrogen (secondary N) is 1. The summed E-state index contributed by atoms with van der Waals surface area (Å²) >= 11 is 0. The van der Waals surface area contributed by atoms with E-state index in [0.29, 0.717) is 12.1 Å². The number of guanidine groups is 1. The number of aliphatic imine (C=N–C) groups is 1. The van der Waals surface area contributed by atoms with E-state index in [1.807, 2.05) is 31.3 Å². The molecule has 0 radical (unpaired) electrons. The Kier molecular flexibility index (Phi) is 6.70. The van der Waals surface area contributed by atoms with Crippen molar-refractivity contribution in [1.82, 2.24) is 10.2 Å². The van der Waals surface area contributed by atoms with Gasteiger partial charge in [0, 0.05) is 26.7 Å². The number of likely N-dealkylation sites (tertiary alicyclic amines) is 1. The Morgan fingerprint density at radius 2 is 2.00 bits per heavy atom. The minimum absolute atomic E-state index is 0. The monoisotopic (exact) mass is 424 g/mol. The van der Waals surface area contributed by atoms with Gasteiger partial charge in [-0.1, -0.05) is 25.0 Å². The van der Waals surface area contributed by atoms with Crippen LogP contribution in [0.4, 0.5) is 0 Å². The lowest BCUT2D eigenvalue weighted by atomic mass is 9.82. The van der Waals surface area contributed by atoms with Crippen molar-refractivity contribution in [2.45, 2.75) is 32.2 Å². The zero-order chi connectivity index (χ0) is 15.4. The number of nitrogens with zero attached hydrogens (tertiary/aromatic N) is 3. The minimum atomic E-state index is 0. The molecule has 1 heterocycles. The Hall–Kier alpha value is -1.29. The third-order valence-electron chi connectivity index (χ3n) is 4.99. The molecule has 1 aromatic rings.